The molecule has 0 aliphatic rings. The fourth-order valence-corrected chi connectivity index (χ4v) is 1.54. The van der Waals surface area contributed by atoms with Crippen molar-refractivity contribution in [2.24, 2.45) is 0 Å². The van der Waals surface area contributed by atoms with Gasteiger partial charge >= 0.3 is 5.97 Å². The van der Waals surface area contributed by atoms with Crippen LogP contribution in [-0.4, -0.2) is 12.6 Å². The van der Waals surface area contributed by atoms with Gasteiger partial charge in [-0.2, -0.15) is 0 Å². The molecule has 2 heteroatoms. The molecule has 0 atom stereocenters. The summed E-state index contributed by atoms with van der Waals surface area (Å²) in [6, 6.07) is 0. The van der Waals surface area contributed by atoms with Crippen molar-refractivity contribution in [1.82, 2.24) is 0 Å². The van der Waals surface area contributed by atoms with Crippen LogP contribution in [0.5, 0.6) is 0 Å². The van der Waals surface area contributed by atoms with Crippen LogP contribution >= 0.6 is 0 Å². The molecule has 2 nitrogen and oxygen atoms in total. The number of hydrogen-bond donors (Lipinski definition) is 0. The molecule has 104 valence electrons. The van der Waals surface area contributed by atoms with Crippen LogP contribution in [0.2, 0.25) is 0 Å². The second-order valence-corrected chi connectivity index (χ2v) is 4.51. The Bertz CT molecular complexity index is 241. The second kappa shape index (κ2) is 14.0. The van der Waals surface area contributed by atoms with E-state index in [1.54, 1.807) is 6.08 Å². The normalized spacial score (nSPS) is 11.4. The highest BCUT2D eigenvalue weighted by Gasteiger charge is 1.93. The molecule has 18 heavy (non-hydrogen) atoms. The minimum absolute atomic E-state index is 0.240. The molecule has 0 unspecified atom stereocenters. The first-order valence-corrected chi connectivity index (χ1v) is 7.31. The van der Waals surface area contributed by atoms with E-state index in [1.165, 1.54) is 38.2 Å². The van der Waals surface area contributed by atoms with E-state index in [1.807, 2.05) is 6.08 Å². The third-order valence-corrected chi connectivity index (χ3v) is 2.70. The Kier molecular flexibility index (Phi) is 13.2. The van der Waals surface area contributed by atoms with Crippen LogP contribution in [0, 0.1) is 0 Å². The van der Waals surface area contributed by atoms with Crippen molar-refractivity contribution >= 4 is 5.97 Å². The molecule has 0 aromatic heterocycles. The summed E-state index contributed by atoms with van der Waals surface area (Å²) < 4.78 is 4.99. The minimum atomic E-state index is -0.240. The maximum atomic E-state index is 11.2. The Morgan fingerprint density at radius 2 is 1.67 bits per heavy atom. The summed E-state index contributed by atoms with van der Waals surface area (Å²) >= 11 is 0. The summed E-state index contributed by atoms with van der Waals surface area (Å²) in [5, 5.41) is 0. The van der Waals surface area contributed by atoms with Crippen LogP contribution in [0.15, 0.2) is 24.3 Å². The molecule has 0 saturated carbocycles. The Morgan fingerprint density at radius 1 is 0.944 bits per heavy atom. The van der Waals surface area contributed by atoms with E-state index in [4.69, 9.17) is 4.74 Å². The van der Waals surface area contributed by atoms with Crippen molar-refractivity contribution in [3.05, 3.63) is 24.3 Å². The lowest BCUT2D eigenvalue weighted by Crippen LogP contribution is -2.01. The summed E-state index contributed by atoms with van der Waals surface area (Å²) in [7, 11) is 0. The highest BCUT2D eigenvalue weighted by molar-refractivity contribution is 5.82. The predicted octanol–water partition coefficient (Wildman–Crippen LogP) is 4.80. The number of esters is 1. The zero-order chi connectivity index (χ0) is 13.5. The van der Waals surface area contributed by atoms with E-state index >= 15 is 0 Å². The van der Waals surface area contributed by atoms with E-state index in [2.05, 4.69) is 19.9 Å². The SMILES string of the molecule is CCCCCCC/C=C\C=C\C(=O)OCCCC. The molecule has 0 bridgehead atoms. The summed E-state index contributed by atoms with van der Waals surface area (Å²) in [6.45, 7) is 4.83. The summed E-state index contributed by atoms with van der Waals surface area (Å²) in [4.78, 5) is 11.2. The van der Waals surface area contributed by atoms with Gasteiger partial charge in [-0.1, -0.05) is 64.2 Å². The largest absolute Gasteiger partial charge is 0.463 e. The smallest absolute Gasteiger partial charge is 0.330 e. The van der Waals surface area contributed by atoms with Crippen LogP contribution in [-0.2, 0) is 9.53 Å². The topological polar surface area (TPSA) is 26.3 Å². The third-order valence-electron chi connectivity index (χ3n) is 2.70. The molecular weight excluding hydrogens is 224 g/mol. The van der Waals surface area contributed by atoms with Crippen LogP contribution in [0.4, 0.5) is 0 Å². The quantitative estimate of drug-likeness (QED) is 0.228. The van der Waals surface area contributed by atoms with Crippen LogP contribution in [0.3, 0.4) is 0 Å². The zero-order valence-corrected chi connectivity index (χ0v) is 12.0. The van der Waals surface area contributed by atoms with Crippen molar-refractivity contribution in [3.8, 4) is 0 Å². The van der Waals surface area contributed by atoms with Crippen LogP contribution in [0.25, 0.3) is 0 Å². The average molecular weight is 252 g/mol. The van der Waals surface area contributed by atoms with Gasteiger partial charge in [0.2, 0.25) is 0 Å². The minimum Gasteiger partial charge on any atom is -0.463 e. The highest BCUT2D eigenvalue weighted by atomic mass is 16.5. The number of carbonyl (C=O) groups excluding carboxylic acids is 1. The Balaban J connectivity index is 3.41. The first kappa shape index (κ1) is 16.9. The number of rotatable bonds is 11. The molecule has 0 radical (unpaired) electrons. The summed E-state index contributed by atoms with van der Waals surface area (Å²) in [5.41, 5.74) is 0. The molecule has 0 aromatic carbocycles. The fraction of sp³-hybridized carbons (Fsp3) is 0.688. The van der Waals surface area contributed by atoms with E-state index < -0.39 is 0 Å². The maximum absolute atomic E-state index is 11.2. The fourth-order valence-electron chi connectivity index (χ4n) is 1.54. The standard InChI is InChI=1S/C16H28O2/c1-3-5-7-8-9-10-11-12-13-14-16(17)18-15-6-4-2/h11-14H,3-10,15H2,1-2H3/b12-11-,14-13+. The lowest BCUT2D eigenvalue weighted by Gasteiger charge is -1.98. The van der Waals surface area contributed by atoms with E-state index in [0.29, 0.717) is 6.61 Å². The average Bonchev–Trinajstić information content (AvgIpc) is 2.37. The van der Waals surface area contributed by atoms with Gasteiger partial charge < -0.3 is 4.74 Å². The van der Waals surface area contributed by atoms with E-state index in [0.717, 1.165) is 19.3 Å². The lowest BCUT2D eigenvalue weighted by atomic mass is 10.1. The van der Waals surface area contributed by atoms with Crippen LogP contribution in [0.1, 0.15) is 65.2 Å². The van der Waals surface area contributed by atoms with E-state index in [9.17, 15) is 4.79 Å². The lowest BCUT2D eigenvalue weighted by molar-refractivity contribution is -0.137. The Morgan fingerprint density at radius 3 is 2.39 bits per heavy atom. The Labute approximate surface area is 112 Å². The van der Waals surface area contributed by atoms with Crippen molar-refractivity contribution in [1.29, 1.82) is 0 Å². The van der Waals surface area contributed by atoms with Crippen molar-refractivity contribution in [3.63, 3.8) is 0 Å². The molecule has 0 spiro atoms. The number of carbonyl (C=O) groups is 1. The van der Waals surface area contributed by atoms with Gasteiger partial charge in [0.15, 0.2) is 0 Å². The van der Waals surface area contributed by atoms with Gasteiger partial charge in [-0.3, -0.25) is 0 Å². The number of ether oxygens (including phenoxy) is 1. The molecule has 0 aliphatic carbocycles. The van der Waals surface area contributed by atoms with Crippen molar-refractivity contribution in [2.45, 2.75) is 65.2 Å². The van der Waals surface area contributed by atoms with Gasteiger partial charge in [-0.25, -0.2) is 4.79 Å². The first-order chi connectivity index (χ1) is 8.81. The van der Waals surface area contributed by atoms with Crippen molar-refractivity contribution < 1.29 is 9.53 Å². The first-order valence-electron chi connectivity index (χ1n) is 7.31. The molecule has 0 N–H and O–H groups in total. The number of allylic oxidation sites excluding steroid dienone is 3. The molecule has 0 aliphatic heterocycles. The number of unbranched alkanes of at least 4 members (excludes halogenated alkanes) is 6. The highest BCUT2D eigenvalue weighted by Crippen LogP contribution is 2.05. The molecule has 0 saturated heterocycles. The summed E-state index contributed by atoms with van der Waals surface area (Å²) in [6.07, 6.45) is 16.9. The van der Waals surface area contributed by atoms with Gasteiger partial charge in [0, 0.05) is 6.08 Å². The van der Waals surface area contributed by atoms with Gasteiger partial charge in [-0.15, -0.1) is 0 Å². The van der Waals surface area contributed by atoms with Gasteiger partial charge in [0.25, 0.3) is 0 Å². The molecule has 0 rings (SSSR count). The third kappa shape index (κ3) is 13.0. The Hall–Kier alpha value is -1.05. The van der Waals surface area contributed by atoms with Gasteiger partial charge in [0.1, 0.15) is 0 Å². The van der Waals surface area contributed by atoms with E-state index in [-0.39, 0.29) is 5.97 Å². The monoisotopic (exact) mass is 252 g/mol. The van der Waals surface area contributed by atoms with Crippen LogP contribution < -0.4 is 0 Å². The molecule has 0 heterocycles. The molecule has 0 aromatic rings. The molecular formula is C16H28O2. The number of hydrogen-bond acceptors (Lipinski definition) is 2. The summed E-state index contributed by atoms with van der Waals surface area (Å²) in [5.74, 6) is -0.240. The van der Waals surface area contributed by atoms with Gasteiger partial charge in [-0.05, 0) is 19.3 Å². The van der Waals surface area contributed by atoms with Gasteiger partial charge in [0.05, 0.1) is 6.61 Å². The molecule has 0 amide bonds. The maximum Gasteiger partial charge on any atom is 0.330 e. The molecule has 0 fully saturated rings. The predicted molar refractivity (Wildman–Crippen MR) is 77.5 cm³/mol. The van der Waals surface area contributed by atoms with Crippen molar-refractivity contribution in [2.75, 3.05) is 6.61 Å². The zero-order valence-electron chi connectivity index (χ0n) is 12.0. The second-order valence-electron chi connectivity index (χ2n) is 4.51.